The van der Waals surface area contributed by atoms with Gasteiger partial charge in [0.2, 0.25) is 0 Å². The van der Waals surface area contributed by atoms with E-state index in [0.29, 0.717) is 11.8 Å². The minimum absolute atomic E-state index is 0.188. The molecular weight excluding hydrogens is 252 g/mol. The fourth-order valence-corrected chi connectivity index (χ4v) is 2.23. The monoisotopic (exact) mass is 270 g/mol. The molecule has 1 aromatic heterocycles. The Morgan fingerprint density at radius 1 is 1.56 bits per heavy atom. The lowest BCUT2D eigenvalue weighted by Crippen LogP contribution is -2.18. The summed E-state index contributed by atoms with van der Waals surface area (Å²) in [5.41, 5.74) is 0.562. The SMILES string of the molecule is CCCc1cc(=O)[nH]c(S[C@H](C)C(=O)OCC)n1. The van der Waals surface area contributed by atoms with Crippen LogP contribution in [0.4, 0.5) is 0 Å². The number of nitrogens with zero attached hydrogens (tertiary/aromatic N) is 1. The standard InChI is InChI=1S/C12H18N2O3S/c1-4-6-9-7-10(15)14-12(13-9)18-8(3)11(16)17-5-2/h7-8H,4-6H2,1-3H3,(H,13,14,15)/t8-/m1/s1. The normalized spacial score (nSPS) is 12.2. The van der Waals surface area contributed by atoms with Crippen molar-refractivity contribution in [3.8, 4) is 0 Å². The number of hydrogen-bond donors (Lipinski definition) is 1. The first kappa shape index (κ1) is 14.8. The molecule has 18 heavy (non-hydrogen) atoms. The molecule has 5 nitrogen and oxygen atoms in total. The number of aromatic nitrogens is 2. The predicted molar refractivity (Wildman–Crippen MR) is 70.8 cm³/mol. The summed E-state index contributed by atoms with van der Waals surface area (Å²) in [6.45, 7) is 5.87. The molecule has 0 bridgehead atoms. The predicted octanol–water partition coefficient (Wildman–Crippen LogP) is 1.77. The molecule has 1 atom stereocenters. The molecule has 0 aliphatic heterocycles. The molecule has 0 aliphatic carbocycles. The Kier molecular flexibility index (Phi) is 5.91. The van der Waals surface area contributed by atoms with Crippen molar-refractivity contribution in [1.29, 1.82) is 0 Å². The summed E-state index contributed by atoms with van der Waals surface area (Å²) in [6.07, 6.45) is 1.68. The van der Waals surface area contributed by atoms with Gasteiger partial charge in [-0.3, -0.25) is 9.59 Å². The van der Waals surface area contributed by atoms with E-state index in [2.05, 4.69) is 9.97 Å². The molecular formula is C12H18N2O3S. The highest BCUT2D eigenvalue weighted by atomic mass is 32.2. The fourth-order valence-electron chi connectivity index (χ4n) is 1.40. The summed E-state index contributed by atoms with van der Waals surface area (Å²) in [6, 6.07) is 1.49. The van der Waals surface area contributed by atoms with E-state index < -0.39 is 0 Å². The minimum Gasteiger partial charge on any atom is -0.465 e. The van der Waals surface area contributed by atoms with Crippen LogP contribution in [0.5, 0.6) is 0 Å². The van der Waals surface area contributed by atoms with E-state index in [9.17, 15) is 9.59 Å². The van der Waals surface area contributed by atoms with Crippen LogP contribution in [0.3, 0.4) is 0 Å². The van der Waals surface area contributed by atoms with E-state index in [4.69, 9.17) is 4.74 Å². The van der Waals surface area contributed by atoms with Crippen LogP contribution in [0.15, 0.2) is 16.0 Å². The molecule has 0 aliphatic rings. The van der Waals surface area contributed by atoms with Gasteiger partial charge in [-0.25, -0.2) is 4.98 Å². The maximum atomic E-state index is 11.5. The van der Waals surface area contributed by atoms with Crippen LogP contribution in [0.25, 0.3) is 0 Å². The van der Waals surface area contributed by atoms with Crippen molar-refractivity contribution in [3.63, 3.8) is 0 Å². The second-order valence-electron chi connectivity index (χ2n) is 3.80. The van der Waals surface area contributed by atoms with Gasteiger partial charge in [-0.2, -0.15) is 0 Å². The molecule has 0 radical (unpaired) electrons. The first-order valence-corrected chi connectivity index (χ1v) is 6.88. The van der Waals surface area contributed by atoms with Crippen LogP contribution in [0, 0.1) is 0 Å². The lowest BCUT2D eigenvalue weighted by Gasteiger charge is -2.09. The first-order chi connectivity index (χ1) is 8.56. The number of thioether (sulfide) groups is 1. The van der Waals surface area contributed by atoms with Gasteiger partial charge in [0.15, 0.2) is 5.16 Å². The molecule has 1 aromatic rings. The van der Waals surface area contributed by atoms with Crippen LogP contribution < -0.4 is 5.56 Å². The average molecular weight is 270 g/mol. The van der Waals surface area contributed by atoms with Crippen LogP contribution in [0.2, 0.25) is 0 Å². The Morgan fingerprint density at radius 2 is 2.28 bits per heavy atom. The highest BCUT2D eigenvalue weighted by molar-refractivity contribution is 8.00. The van der Waals surface area contributed by atoms with Gasteiger partial charge >= 0.3 is 5.97 Å². The molecule has 0 spiro atoms. The average Bonchev–Trinajstić information content (AvgIpc) is 2.28. The fraction of sp³-hybridized carbons (Fsp3) is 0.583. The maximum Gasteiger partial charge on any atom is 0.319 e. The second kappa shape index (κ2) is 7.20. The van der Waals surface area contributed by atoms with Gasteiger partial charge in [0.1, 0.15) is 5.25 Å². The quantitative estimate of drug-likeness (QED) is 0.484. The number of hydrogen-bond acceptors (Lipinski definition) is 5. The third-order valence-corrected chi connectivity index (χ3v) is 3.15. The minimum atomic E-state index is -0.384. The molecule has 0 unspecified atom stereocenters. The molecule has 0 fully saturated rings. The van der Waals surface area contributed by atoms with Gasteiger partial charge in [-0.15, -0.1) is 0 Å². The smallest absolute Gasteiger partial charge is 0.319 e. The number of ether oxygens (including phenoxy) is 1. The lowest BCUT2D eigenvalue weighted by atomic mass is 10.2. The van der Waals surface area contributed by atoms with Crippen molar-refractivity contribution in [2.45, 2.75) is 44.0 Å². The molecule has 1 N–H and O–H groups in total. The molecule has 1 heterocycles. The van der Waals surface area contributed by atoms with Crippen molar-refractivity contribution in [2.24, 2.45) is 0 Å². The zero-order valence-corrected chi connectivity index (χ0v) is 11.7. The van der Waals surface area contributed by atoms with Crippen molar-refractivity contribution in [2.75, 3.05) is 6.61 Å². The van der Waals surface area contributed by atoms with Crippen LogP contribution in [-0.4, -0.2) is 27.8 Å². The van der Waals surface area contributed by atoms with Crippen molar-refractivity contribution >= 4 is 17.7 Å². The number of rotatable bonds is 6. The van der Waals surface area contributed by atoms with Gasteiger partial charge in [-0.1, -0.05) is 25.1 Å². The molecule has 0 saturated carbocycles. The molecule has 0 aromatic carbocycles. The third kappa shape index (κ3) is 4.52. The van der Waals surface area contributed by atoms with Gasteiger partial charge < -0.3 is 9.72 Å². The Bertz CT molecular complexity index is 459. The number of aryl methyl sites for hydroxylation is 1. The maximum absolute atomic E-state index is 11.5. The molecule has 1 rings (SSSR count). The van der Waals surface area contributed by atoms with Crippen molar-refractivity contribution < 1.29 is 9.53 Å². The summed E-state index contributed by atoms with van der Waals surface area (Å²) in [4.78, 5) is 29.8. The summed E-state index contributed by atoms with van der Waals surface area (Å²) >= 11 is 1.20. The number of carbonyl (C=O) groups is 1. The largest absolute Gasteiger partial charge is 0.465 e. The summed E-state index contributed by atoms with van der Waals surface area (Å²) in [5, 5.41) is 0.0801. The van der Waals surface area contributed by atoms with E-state index in [-0.39, 0.29) is 16.8 Å². The van der Waals surface area contributed by atoms with Crippen LogP contribution >= 0.6 is 11.8 Å². The van der Waals surface area contributed by atoms with E-state index in [1.807, 2.05) is 6.92 Å². The summed E-state index contributed by atoms with van der Waals surface area (Å²) < 4.78 is 4.90. The number of H-pyrrole nitrogens is 1. The van der Waals surface area contributed by atoms with Crippen molar-refractivity contribution in [3.05, 3.63) is 22.1 Å². The Morgan fingerprint density at radius 3 is 2.89 bits per heavy atom. The zero-order chi connectivity index (χ0) is 13.5. The molecule has 100 valence electrons. The van der Waals surface area contributed by atoms with E-state index >= 15 is 0 Å². The summed E-state index contributed by atoms with van der Waals surface area (Å²) in [7, 11) is 0. The first-order valence-electron chi connectivity index (χ1n) is 6.00. The Balaban J connectivity index is 2.77. The van der Waals surface area contributed by atoms with Crippen molar-refractivity contribution in [1.82, 2.24) is 9.97 Å². The topological polar surface area (TPSA) is 72.0 Å². The Hall–Kier alpha value is -1.30. The highest BCUT2D eigenvalue weighted by Crippen LogP contribution is 2.19. The van der Waals surface area contributed by atoms with Crippen LogP contribution in [0.1, 0.15) is 32.9 Å². The summed E-state index contributed by atoms with van der Waals surface area (Å²) in [5.74, 6) is -0.300. The van der Waals surface area contributed by atoms with E-state index in [1.54, 1.807) is 13.8 Å². The number of aromatic amines is 1. The number of esters is 1. The van der Waals surface area contributed by atoms with Gasteiger partial charge in [0.25, 0.3) is 5.56 Å². The van der Waals surface area contributed by atoms with E-state index in [1.165, 1.54) is 17.8 Å². The lowest BCUT2D eigenvalue weighted by molar-refractivity contribution is -0.142. The Labute approximate surface area is 110 Å². The van der Waals surface area contributed by atoms with Gasteiger partial charge in [-0.05, 0) is 20.3 Å². The highest BCUT2D eigenvalue weighted by Gasteiger charge is 2.17. The molecule has 6 heteroatoms. The second-order valence-corrected chi connectivity index (χ2v) is 5.13. The van der Waals surface area contributed by atoms with E-state index in [0.717, 1.165) is 18.5 Å². The zero-order valence-electron chi connectivity index (χ0n) is 10.9. The van der Waals surface area contributed by atoms with Crippen LogP contribution in [-0.2, 0) is 16.0 Å². The number of carbonyl (C=O) groups excluding carboxylic acids is 1. The molecule has 0 saturated heterocycles. The van der Waals surface area contributed by atoms with Gasteiger partial charge in [0.05, 0.1) is 6.61 Å². The molecule has 0 amide bonds. The third-order valence-electron chi connectivity index (χ3n) is 2.19. The number of nitrogens with one attached hydrogen (secondary N) is 1. The van der Waals surface area contributed by atoms with Gasteiger partial charge in [0, 0.05) is 11.8 Å².